The van der Waals surface area contributed by atoms with Crippen LogP contribution < -0.4 is 10.2 Å². The summed E-state index contributed by atoms with van der Waals surface area (Å²) in [5.74, 6) is 0.651. The van der Waals surface area contributed by atoms with E-state index in [0.29, 0.717) is 22.8 Å². The Bertz CT molecular complexity index is 318. The van der Waals surface area contributed by atoms with E-state index in [-0.39, 0.29) is 0 Å². The molecule has 1 rings (SSSR count). The number of hydrogen-bond acceptors (Lipinski definition) is 3. The second-order valence-corrected chi connectivity index (χ2v) is 3.67. The van der Waals surface area contributed by atoms with Crippen molar-refractivity contribution in [2.45, 2.75) is 19.8 Å². The van der Waals surface area contributed by atoms with Gasteiger partial charge >= 0.3 is 7.12 Å². The molecule has 0 radical (unpaired) electrons. The van der Waals surface area contributed by atoms with Crippen molar-refractivity contribution in [2.24, 2.45) is 0 Å². The third kappa shape index (κ3) is 3.74. The van der Waals surface area contributed by atoms with E-state index in [0.717, 1.165) is 12.8 Å². The van der Waals surface area contributed by atoms with Crippen LogP contribution in [0, 0.1) is 0 Å². The number of rotatable bonds is 5. The number of hydrogen-bond donors (Lipinski definition) is 2. The quantitative estimate of drug-likeness (QED) is 0.588. The van der Waals surface area contributed by atoms with Gasteiger partial charge in [0.15, 0.2) is 0 Å². The van der Waals surface area contributed by atoms with Gasteiger partial charge in [-0.3, -0.25) is 0 Å². The van der Waals surface area contributed by atoms with Gasteiger partial charge in [0.05, 0.1) is 6.61 Å². The molecule has 0 bridgehead atoms. The maximum atomic E-state index is 8.94. The summed E-state index contributed by atoms with van der Waals surface area (Å²) >= 11 is 5.84. The van der Waals surface area contributed by atoms with Crippen molar-refractivity contribution in [3.05, 3.63) is 23.2 Å². The molecule has 0 aliphatic rings. The maximum absolute atomic E-state index is 8.94. The van der Waals surface area contributed by atoms with E-state index >= 15 is 0 Å². The highest BCUT2D eigenvalue weighted by Crippen LogP contribution is 2.16. The molecule has 0 fully saturated rings. The van der Waals surface area contributed by atoms with E-state index in [2.05, 4.69) is 6.92 Å². The third-order valence-corrected chi connectivity index (χ3v) is 2.34. The van der Waals surface area contributed by atoms with E-state index in [4.69, 9.17) is 26.4 Å². The normalized spacial score (nSPS) is 10.1. The predicted octanol–water partition coefficient (Wildman–Crippen LogP) is 1.20. The fourth-order valence-electron chi connectivity index (χ4n) is 1.14. The summed E-state index contributed by atoms with van der Waals surface area (Å²) in [7, 11) is -1.54. The molecule has 0 saturated carbocycles. The van der Waals surface area contributed by atoms with Crippen molar-refractivity contribution in [3.63, 3.8) is 0 Å². The first kappa shape index (κ1) is 12.4. The minimum absolute atomic E-state index is 0.291. The number of ether oxygens (including phenoxy) is 1. The van der Waals surface area contributed by atoms with E-state index in [1.54, 1.807) is 18.2 Å². The van der Waals surface area contributed by atoms with Crippen LogP contribution in [0.25, 0.3) is 0 Å². The average molecular weight is 228 g/mol. The molecule has 0 aliphatic carbocycles. The van der Waals surface area contributed by atoms with Crippen LogP contribution in [0.4, 0.5) is 0 Å². The Balaban J connectivity index is 2.65. The first-order chi connectivity index (χ1) is 7.15. The van der Waals surface area contributed by atoms with Gasteiger partial charge in [0.25, 0.3) is 0 Å². The van der Waals surface area contributed by atoms with Gasteiger partial charge in [0, 0.05) is 10.5 Å². The van der Waals surface area contributed by atoms with Crippen LogP contribution in [0.1, 0.15) is 19.8 Å². The molecule has 82 valence electrons. The van der Waals surface area contributed by atoms with Gasteiger partial charge < -0.3 is 14.8 Å². The summed E-state index contributed by atoms with van der Waals surface area (Å²) in [6.45, 7) is 2.73. The van der Waals surface area contributed by atoms with E-state index < -0.39 is 7.12 Å². The molecule has 0 amide bonds. The zero-order valence-corrected chi connectivity index (χ0v) is 9.37. The standard InChI is InChI=1S/C10H14BClO3/c1-2-3-6-15-8-4-5-9(11(13)14)10(12)7-8/h4-5,7,13-14H,2-3,6H2,1H3. The van der Waals surface area contributed by atoms with Crippen LogP contribution in [0.15, 0.2) is 18.2 Å². The smallest absolute Gasteiger partial charge is 0.489 e. The Hall–Kier alpha value is -0.705. The van der Waals surface area contributed by atoms with Gasteiger partial charge in [-0.05, 0) is 18.6 Å². The van der Waals surface area contributed by atoms with Gasteiger partial charge in [0.1, 0.15) is 5.75 Å². The Morgan fingerprint density at radius 1 is 1.40 bits per heavy atom. The number of halogens is 1. The van der Waals surface area contributed by atoms with Crippen LogP contribution in [0.2, 0.25) is 5.02 Å². The van der Waals surface area contributed by atoms with Gasteiger partial charge in [-0.15, -0.1) is 0 Å². The van der Waals surface area contributed by atoms with Crippen LogP contribution in [0.3, 0.4) is 0 Å². The van der Waals surface area contributed by atoms with E-state index in [1.165, 1.54) is 0 Å². The summed E-state index contributed by atoms with van der Waals surface area (Å²) in [4.78, 5) is 0. The first-order valence-electron chi connectivity index (χ1n) is 4.93. The van der Waals surface area contributed by atoms with Crippen LogP contribution in [-0.2, 0) is 0 Å². The van der Waals surface area contributed by atoms with Gasteiger partial charge in [0.2, 0.25) is 0 Å². The molecule has 1 aromatic carbocycles. The van der Waals surface area contributed by atoms with Crippen molar-refractivity contribution in [1.29, 1.82) is 0 Å². The van der Waals surface area contributed by atoms with Crippen molar-refractivity contribution in [2.75, 3.05) is 6.61 Å². The minimum atomic E-state index is -1.54. The molecular formula is C10H14BClO3. The molecule has 3 nitrogen and oxygen atoms in total. The van der Waals surface area contributed by atoms with E-state index in [1.807, 2.05) is 0 Å². The highest BCUT2D eigenvalue weighted by Gasteiger charge is 2.15. The van der Waals surface area contributed by atoms with Crippen LogP contribution >= 0.6 is 11.6 Å². The summed E-state index contributed by atoms with van der Waals surface area (Å²) in [5, 5.41) is 18.2. The van der Waals surface area contributed by atoms with Crippen molar-refractivity contribution < 1.29 is 14.8 Å². The SMILES string of the molecule is CCCCOc1ccc(B(O)O)c(Cl)c1. The lowest BCUT2D eigenvalue weighted by Crippen LogP contribution is -2.30. The highest BCUT2D eigenvalue weighted by molar-refractivity contribution is 6.62. The molecule has 0 aliphatic heterocycles. The fourth-order valence-corrected chi connectivity index (χ4v) is 1.41. The maximum Gasteiger partial charge on any atom is 0.489 e. The van der Waals surface area contributed by atoms with E-state index in [9.17, 15) is 0 Å². The number of benzene rings is 1. The highest BCUT2D eigenvalue weighted by atomic mass is 35.5. The summed E-state index contributed by atoms with van der Waals surface area (Å²) < 4.78 is 5.41. The Morgan fingerprint density at radius 2 is 2.13 bits per heavy atom. The molecule has 0 heterocycles. The second kappa shape index (κ2) is 6.00. The topological polar surface area (TPSA) is 49.7 Å². The first-order valence-corrected chi connectivity index (χ1v) is 5.31. The third-order valence-electron chi connectivity index (χ3n) is 2.02. The van der Waals surface area contributed by atoms with Crippen molar-refractivity contribution in [3.8, 4) is 5.75 Å². The Morgan fingerprint density at radius 3 is 2.67 bits per heavy atom. The largest absolute Gasteiger partial charge is 0.494 e. The Kier molecular flexibility index (Phi) is 4.95. The summed E-state index contributed by atoms with van der Waals surface area (Å²) in [5.41, 5.74) is 0.291. The predicted molar refractivity (Wildman–Crippen MR) is 61.7 cm³/mol. The van der Waals surface area contributed by atoms with Crippen LogP contribution in [-0.4, -0.2) is 23.8 Å². The van der Waals surface area contributed by atoms with Crippen LogP contribution in [0.5, 0.6) is 5.75 Å². The molecule has 1 aromatic rings. The molecule has 15 heavy (non-hydrogen) atoms. The summed E-state index contributed by atoms with van der Waals surface area (Å²) in [6.07, 6.45) is 2.06. The van der Waals surface area contributed by atoms with Crippen molar-refractivity contribution >= 4 is 24.2 Å². The average Bonchev–Trinajstić information content (AvgIpc) is 2.17. The molecule has 5 heteroatoms. The fraction of sp³-hybridized carbons (Fsp3) is 0.400. The molecule has 0 unspecified atom stereocenters. The zero-order chi connectivity index (χ0) is 11.3. The molecule has 0 spiro atoms. The molecular weight excluding hydrogens is 214 g/mol. The molecule has 0 aromatic heterocycles. The lowest BCUT2D eigenvalue weighted by Gasteiger charge is -2.08. The Labute approximate surface area is 94.8 Å². The van der Waals surface area contributed by atoms with Gasteiger partial charge in [-0.25, -0.2) is 0 Å². The monoisotopic (exact) mass is 228 g/mol. The van der Waals surface area contributed by atoms with Gasteiger partial charge in [-0.2, -0.15) is 0 Å². The van der Waals surface area contributed by atoms with Gasteiger partial charge in [-0.1, -0.05) is 31.0 Å². The summed E-state index contributed by atoms with van der Waals surface area (Å²) in [6, 6.07) is 4.82. The lowest BCUT2D eigenvalue weighted by atomic mass is 9.80. The second-order valence-electron chi connectivity index (χ2n) is 3.26. The molecule has 0 saturated heterocycles. The molecule has 0 atom stereocenters. The number of unbranched alkanes of at least 4 members (excludes halogenated alkanes) is 1. The molecule has 2 N–H and O–H groups in total. The zero-order valence-electron chi connectivity index (χ0n) is 8.61. The minimum Gasteiger partial charge on any atom is -0.494 e. The van der Waals surface area contributed by atoms with Crippen molar-refractivity contribution in [1.82, 2.24) is 0 Å². The lowest BCUT2D eigenvalue weighted by molar-refractivity contribution is 0.309.